The molecule has 4 heteroatoms. The number of methoxy groups -OCH3 is 1. The average molecular weight is 334 g/mol. The molecule has 0 atom stereocenters. The summed E-state index contributed by atoms with van der Waals surface area (Å²) in [7, 11) is 1.60. The van der Waals surface area contributed by atoms with Gasteiger partial charge in [-0.2, -0.15) is 0 Å². The van der Waals surface area contributed by atoms with Crippen molar-refractivity contribution in [2.45, 2.75) is 13.8 Å². The van der Waals surface area contributed by atoms with Gasteiger partial charge in [-0.05, 0) is 55.3 Å². The summed E-state index contributed by atoms with van der Waals surface area (Å²) in [6.45, 7) is 3.90. The predicted octanol–water partition coefficient (Wildman–Crippen LogP) is 4.33. The number of nitrogens with one attached hydrogen (secondary N) is 1. The number of halogens is 1. The van der Waals surface area contributed by atoms with Gasteiger partial charge in [-0.25, -0.2) is 0 Å². The topological polar surface area (TPSA) is 38.3 Å². The molecule has 2 aromatic carbocycles. The maximum absolute atomic E-state index is 12.3. The molecule has 0 aromatic heterocycles. The van der Waals surface area contributed by atoms with Crippen molar-refractivity contribution in [3.05, 3.63) is 57.6 Å². The van der Waals surface area contributed by atoms with E-state index in [-0.39, 0.29) is 5.91 Å². The number of anilines is 1. The van der Waals surface area contributed by atoms with Crippen LogP contribution in [-0.4, -0.2) is 13.0 Å². The number of rotatable bonds is 3. The molecule has 1 N–H and O–H groups in total. The third-order valence-electron chi connectivity index (χ3n) is 3.11. The van der Waals surface area contributed by atoms with Crippen molar-refractivity contribution < 1.29 is 9.53 Å². The molecule has 0 aliphatic heterocycles. The van der Waals surface area contributed by atoms with Crippen LogP contribution in [-0.2, 0) is 0 Å². The number of aryl methyl sites for hydroxylation is 2. The van der Waals surface area contributed by atoms with Crippen LogP contribution in [0.4, 0.5) is 5.69 Å². The Kier molecular flexibility index (Phi) is 4.45. The van der Waals surface area contributed by atoms with E-state index < -0.39 is 0 Å². The third-order valence-corrected chi connectivity index (χ3v) is 3.60. The lowest BCUT2D eigenvalue weighted by atomic mass is 10.1. The molecule has 2 aromatic rings. The van der Waals surface area contributed by atoms with Crippen LogP contribution in [0, 0.1) is 13.8 Å². The molecule has 1 amide bonds. The monoisotopic (exact) mass is 333 g/mol. The van der Waals surface area contributed by atoms with Gasteiger partial charge < -0.3 is 10.1 Å². The number of carbonyl (C=O) groups is 1. The van der Waals surface area contributed by atoms with Crippen LogP contribution in [0.3, 0.4) is 0 Å². The minimum atomic E-state index is -0.145. The van der Waals surface area contributed by atoms with Crippen LogP contribution >= 0.6 is 15.9 Å². The number of benzene rings is 2. The largest absolute Gasteiger partial charge is 0.496 e. The highest BCUT2D eigenvalue weighted by Gasteiger charge is 2.10. The highest BCUT2D eigenvalue weighted by molar-refractivity contribution is 9.10. The second kappa shape index (κ2) is 6.09. The van der Waals surface area contributed by atoms with Gasteiger partial charge >= 0.3 is 0 Å². The molecule has 20 heavy (non-hydrogen) atoms. The maximum atomic E-state index is 12.3. The van der Waals surface area contributed by atoms with E-state index in [0.29, 0.717) is 11.3 Å². The van der Waals surface area contributed by atoms with Crippen molar-refractivity contribution >= 4 is 27.5 Å². The van der Waals surface area contributed by atoms with E-state index >= 15 is 0 Å². The van der Waals surface area contributed by atoms with Crippen molar-refractivity contribution in [3.63, 3.8) is 0 Å². The summed E-state index contributed by atoms with van der Waals surface area (Å²) < 4.78 is 6.23. The lowest BCUT2D eigenvalue weighted by Gasteiger charge is -2.10. The van der Waals surface area contributed by atoms with Gasteiger partial charge in [-0.15, -0.1) is 0 Å². The van der Waals surface area contributed by atoms with E-state index in [1.165, 1.54) is 0 Å². The number of ether oxygens (including phenoxy) is 1. The lowest BCUT2D eigenvalue weighted by Crippen LogP contribution is -2.13. The summed E-state index contributed by atoms with van der Waals surface area (Å²) >= 11 is 3.41. The number of carbonyl (C=O) groups excluding carboxylic acids is 1. The Balaban J connectivity index is 2.24. The van der Waals surface area contributed by atoms with Gasteiger partial charge in [0.1, 0.15) is 5.75 Å². The molecule has 2 rings (SSSR count). The van der Waals surface area contributed by atoms with Crippen molar-refractivity contribution in [3.8, 4) is 5.75 Å². The molecule has 0 fully saturated rings. The SMILES string of the molecule is COc1cc(C(=O)Nc2ccc(Br)cc2C)ccc1C. The van der Waals surface area contributed by atoms with Gasteiger partial charge in [0, 0.05) is 15.7 Å². The van der Waals surface area contributed by atoms with Gasteiger partial charge in [0.05, 0.1) is 7.11 Å². The van der Waals surface area contributed by atoms with Gasteiger partial charge in [-0.1, -0.05) is 22.0 Å². The number of hydrogen-bond acceptors (Lipinski definition) is 2. The van der Waals surface area contributed by atoms with Crippen molar-refractivity contribution in [1.82, 2.24) is 0 Å². The molecule has 0 heterocycles. The first-order chi connectivity index (χ1) is 9.51. The zero-order chi connectivity index (χ0) is 14.7. The molecule has 0 aliphatic carbocycles. The quantitative estimate of drug-likeness (QED) is 0.907. The van der Waals surface area contributed by atoms with Crippen molar-refractivity contribution in [1.29, 1.82) is 0 Å². The number of amides is 1. The molecule has 104 valence electrons. The third kappa shape index (κ3) is 3.20. The highest BCUT2D eigenvalue weighted by Crippen LogP contribution is 2.22. The van der Waals surface area contributed by atoms with Crippen LogP contribution < -0.4 is 10.1 Å². The average Bonchev–Trinajstić information content (AvgIpc) is 2.42. The Morgan fingerprint density at radius 3 is 2.50 bits per heavy atom. The molecule has 0 saturated carbocycles. The fourth-order valence-corrected chi connectivity index (χ4v) is 2.40. The second-order valence-corrected chi connectivity index (χ2v) is 5.51. The van der Waals surface area contributed by atoms with Crippen LogP contribution in [0.5, 0.6) is 5.75 Å². The van der Waals surface area contributed by atoms with Crippen LogP contribution in [0.1, 0.15) is 21.5 Å². The summed E-state index contributed by atoms with van der Waals surface area (Å²) in [5.41, 5.74) is 3.39. The van der Waals surface area contributed by atoms with E-state index in [0.717, 1.165) is 21.3 Å². The second-order valence-electron chi connectivity index (χ2n) is 4.60. The smallest absolute Gasteiger partial charge is 0.255 e. The standard InChI is InChI=1S/C16H16BrNO2/c1-10-4-5-12(9-15(10)20-3)16(19)18-14-7-6-13(17)8-11(14)2/h4-9H,1-3H3,(H,18,19). The fraction of sp³-hybridized carbons (Fsp3) is 0.188. The first-order valence-electron chi connectivity index (χ1n) is 6.23. The van der Waals surface area contributed by atoms with E-state index in [2.05, 4.69) is 21.2 Å². The van der Waals surface area contributed by atoms with E-state index in [1.807, 2.05) is 38.1 Å². The van der Waals surface area contributed by atoms with Gasteiger partial charge in [0.15, 0.2) is 0 Å². The summed E-state index contributed by atoms with van der Waals surface area (Å²) in [5, 5.41) is 2.91. The van der Waals surface area contributed by atoms with Gasteiger partial charge in [0.25, 0.3) is 5.91 Å². The molecule has 0 unspecified atom stereocenters. The van der Waals surface area contributed by atoms with Gasteiger partial charge in [-0.3, -0.25) is 4.79 Å². The Bertz CT molecular complexity index is 653. The Morgan fingerprint density at radius 1 is 1.10 bits per heavy atom. The highest BCUT2D eigenvalue weighted by atomic mass is 79.9. The Hall–Kier alpha value is -1.81. The van der Waals surface area contributed by atoms with Crippen molar-refractivity contribution in [2.75, 3.05) is 12.4 Å². The summed E-state index contributed by atoms with van der Waals surface area (Å²) in [4.78, 5) is 12.3. The maximum Gasteiger partial charge on any atom is 0.255 e. The first kappa shape index (κ1) is 14.6. The predicted molar refractivity (Wildman–Crippen MR) is 84.6 cm³/mol. The lowest BCUT2D eigenvalue weighted by molar-refractivity contribution is 0.102. The zero-order valence-electron chi connectivity index (χ0n) is 11.7. The molecule has 3 nitrogen and oxygen atoms in total. The normalized spacial score (nSPS) is 10.2. The summed E-state index contributed by atoms with van der Waals surface area (Å²) in [6, 6.07) is 11.2. The van der Waals surface area contributed by atoms with Crippen LogP contribution in [0.25, 0.3) is 0 Å². The molecule has 0 radical (unpaired) electrons. The fourth-order valence-electron chi connectivity index (χ4n) is 1.92. The van der Waals surface area contributed by atoms with Crippen LogP contribution in [0.2, 0.25) is 0 Å². The number of hydrogen-bond donors (Lipinski definition) is 1. The van der Waals surface area contributed by atoms with Crippen LogP contribution in [0.15, 0.2) is 40.9 Å². The molecule has 0 bridgehead atoms. The Morgan fingerprint density at radius 2 is 1.85 bits per heavy atom. The molecular formula is C16H16BrNO2. The van der Waals surface area contributed by atoms with E-state index in [1.54, 1.807) is 19.2 Å². The summed E-state index contributed by atoms with van der Waals surface area (Å²) in [6.07, 6.45) is 0. The van der Waals surface area contributed by atoms with E-state index in [4.69, 9.17) is 4.74 Å². The minimum Gasteiger partial charge on any atom is -0.496 e. The first-order valence-corrected chi connectivity index (χ1v) is 7.02. The molecule has 0 saturated heterocycles. The molecule has 0 spiro atoms. The van der Waals surface area contributed by atoms with Gasteiger partial charge in [0.2, 0.25) is 0 Å². The van der Waals surface area contributed by atoms with Crippen molar-refractivity contribution in [2.24, 2.45) is 0 Å². The zero-order valence-corrected chi connectivity index (χ0v) is 13.2. The molecule has 0 aliphatic rings. The summed E-state index contributed by atoms with van der Waals surface area (Å²) in [5.74, 6) is 0.568. The minimum absolute atomic E-state index is 0.145. The Labute approximate surface area is 127 Å². The molecular weight excluding hydrogens is 318 g/mol. The van der Waals surface area contributed by atoms with E-state index in [9.17, 15) is 4.79 Å².